The number of ether oxygens (including phenoxy) is 2. The van der Waals surface area contributed by atoms with Crippen LogP contribution in [0.25, 0.3) is 0 Å². The SMILES string of the molecule is C1COCCO1.Cl.N[C@@H](C(=O)Cl)c1ccc(O)cc1. The normalized spacial score (nSPS) is 15.5. The number of phenolic OH excluding ortho intramolecular Hbond substituents is 1. The molecule has 1 saturated heterocycles. The van der Waals surface area contributed by atoms with Crippen LogP contribution in [-0.4, -0.2) is 36.8 Å². The number of halogens is 2. The fourth-order valence-electron chi connectivity index (χ4n) is 1.25. The largest absolute Gasteiger partial charge is 0.508 e. The molecule has 0 amide bonds. The molecule has 0 spiro atoms. The topological polar surface area (TPSA) is 81.8 Å². The molecule has 0 unspecified atom stereocenters. The first-order valence-corrected chi connectivity index (χ1v) is 5.88. The van der Waals surface area contributed by atoms with E-state index in [9.17, 15) is 4.79 Å². The van der Waals surface area contributed by atoms with Crippen LogP contribution in [0.2, 0.25) is 0 Å². The van der Waals surface area contributed by atoms with Gasteiger partial charge in [-0.1, -0.05) is 12.1 Å². The van der Waals surface area contributed by atoms with E-state index in [-0.39, 0.29) is 18.2 Å². The van der Waals surface area contributed by atoms with E-state index < -0.39 is 11.3 Å². The number of carbonyl (C=O) groups is 1. The maximum Gasteiger partial charge on any atom is 0.242 e. The van der Waals surface area contributed by atoms with E-state index in [4.69, 9.17) is 31.9 Å². The van der Waals surface area contributed by atoms with Gasteiger partial charge in [-0.2, -0.15) is 0 Å². The van der Waals surface area contributed by atoms with E-state index in [1.54, 1.807) is 12.1 Å². The van der Waals surface area contributed by atoms with Crippen LogP contribution in [0.1, 0.15) is 11.6 Å². The van der Waals surface area contributed by atoms with Gasteiger partial charge in [0, 0.05) is 0 Å². The van der Waals surface area contributed by atoms with Crippen molar-refractivity contribution in [1.82, 2.24) is 0 Å². The monoisotopic (exact) mass is 309 g/mol. The highest BCUT2D eigenvalue weighted by atomic mass is 35.5. The molecule has 1 aliphatic heterocycles. The van der Waals surface area contributed by atoms with Crippen molar-refractivity contribution in [2.75, 3.05) is 26.4 Å². The zero-order valence-electron chi connectivity index (χ0n) is 10.3. The molecule has 7 heteroatoms. The summed E-state index contributed by atoms with van der Waals surface area (Å²) in [5, 5.41) is 8.31. The molecular weight excluding hydrogens is 293 g/mol. The summed E-state index contributed by atoms with van der Waals surface area (Å²) in [6.07, 6.45) is 0. The maximum atomic E-state index is 10.6. The molecule has 0 bridgehead atoms. The molecule has 0 radical (unpaired) electrons. The number of hydrogen-bond donors (Lipinski definition) is 2. The molecule has 2 rings (SSSR count). The third-order valence-corrected chi connectivity index (χ3v) is 2.48. The van der Waals surface area contributed by atoms with E-state index in [0.29, 0.717) is 5.56 Å². The predicted octanol–water partition coefficient (Wildman–Crippen LogP) is 1.61. The van der Waals surface area contributed by atoms with Crippen molar-refractivity contribution in [1.29, 1.82) is 0 Å². The Morgan fingerprint density at radius 2 is 1.58 bits per heavy atom. The van der Waals surface area contributed by atoms with Gasteiger partial charge in [-0.3, -0.25) is 4.79 Å². The van der Waals surface area contributed by atoms with Gasteiger partial charge in [0.15, 0.2) is 0 Å². The van der Waals surface area contributed by atoms with Gasteiger partial charge in [0.2, 0.25) is 5.24 Å². The number of nitrogens with two attached hydrogens (primary N) is 1. The van der Waals surface area contributed by atoms with Gasteiger partial charge < -0.3 is 20.3 Å². The Labute approximate surface area is 123 Å². The lowest BCUT2D eigenvalue weighted by molar-refractivity contribution is -0.112. The highest BCUT2D eigenvalue weighted by Crippen LogP contribution is 2.16. The second-order valence-corrected chi connectivity index (χ2v) is 3.97. The van der Waals surface area contributed by atoms with Crippen molar-refractivity contribution in [3.63, 3.8) is 0 Å². The molecule has 108 valence electrons. The fourth-order valence-corrected chi connectivity index (χ4v) is 1.38. The molecule has 1 heterocycles. The van der Waals surface area contributed by atoms with Gasteiger partial charge in [-0.05, 0) is 29.3 Å². The second kappa shape index (κ2) is 10.00. The molecule has 19 heavy (non-hydrogen) atoms. The number of phenols is 1. The first kappa shape index (κ1) is 18.1. The van der Waals surface area contributed by atoms with E-state index in [1.165, 1.54) is 12.1 Å². The predicted molar refractivity (Wildman–Crippen MR) is 74.8 cm³/mol. The molecular formula is C12H17Cl2NO4. The highest BCUT2D eigenvalue weighted by Gasteiger charge is 2.12. The molecule has 1 fully saturated rings. The average Bonchev–Trinajstić information content (AvgIpc) is 2.41. The van der Waals surface area contributed by atoms with Crippen LogP contribution < -0.4 is 5.73 Å². The summed E-state index contributed by atoms with van der Waals surface area (Å²) in [6, 6.07) is 5.21. The van der Waals surface area contributed by atoms with Crippen LogP contribution in [0.3, 0.4) is 0 Å². The zero-order chi connectivity index (χ0) is 13.4. The molecule has 5 nitrogen and oxygen atoms in total. The Hall–Kier alpha value is -0.850. The molecule has 3 N–H and O–H groups in total. The van der Waals surface area contributed by atoms with Crippen molar-refractivity contribution in [2.45, 2.75) is 6.04 Å². The number of benzene rings is 1. The lowest BCUT2D eigenvalue weighted by Crippen LogP contribution is -2.16. The Kier molecular flexibility index (Phi) is 9.55. The van der Waals surface area contributed by atoms with Crippen LogP contribution in [-0.2, 0) is 14.3 Å². The van der Waals surface area contributed by atoms with Crippen LogP contribution in [0, 0.1) is 0 Å². The minimum absolute atomic E-state index is 0. The van der Waals surface area contributed by atoms with Crippen molar-refractivity contribution in [3.8, 4) is 5.75 Å². The number of aromatic hydroxyl groups is 1. The zero-order valence-corrected chi connectivity index (χ0v) is 11.8. The standard InChI is InChI=1S/C8H8ClNO2.C4H8O2.ClH/c9-8(12)7(10)5-1-3-6(11)4-2-5;1-2-6-4-3-5-1;/h1-4,7,11H,10H2;1-4H2;1H/t7-;;/m1../s1. The minimum atomic E-state index is -0.813. The Morgan fingerprint density at radius 1 is 1.16 bits per heavy atom. The smallest absolute Gasteiger partial charge is 0.242 e. The van der Waals surface area contributed by atoms with Gasteiger partial charge in [-0.15, -0.1) is 12.4 Å². The van der Waals surface area contributed by atoms with Crippen LogP contribution >= 0.6 is 24.0 Å². The van der Waals surface area contributed by atoms with Crippen LogP contribution in [0.15, 0.2) is 24.3 Å². The van der Waals surface area contributed by atoms with Crippen molar-refractivity contribution in [3.05, 3.63) is 29.8 Å². The molecule has 0 aromatic heterocycles. The molecule has 0 aliphatic carbocycles. The second-order valence-electron chi connectivity index (χ2n) is 3.60. The molecule has 1 aromatic carbocycles. The van der Waals surface area contributed by atoms with E-state index in [2.05, 4.69) is 0 Å². The van der Waals surface area contributed by atoms with Crippen molar-refractivity contribution >= 4 is 29.3 Å². The van der Waals surface area contributed by atoms with Gasteiger partial charge >= 0.3 is 0 Å². The maximum absolute atomic E-state index is 10.6. The summed E-state index contributed by atoms with van der Waals surface area (Å²) in [5.41, 5.74) is 6.02. The summed E-state index contributed by atoms with van der Waals surface area (Å²) in [7, 11) is 0. The minimum Gasteiger partial charge on any atom is -0.508 e. The molecule has 1 aromatic rings. The van der Waals surface area contributed by atoms with E-state index >= 15 is 0 Å². The molecule has 1 atom stereocenters. The summed E-state index contributed by atoms with van der Waals surface area (Å²) < 4.78 is 9.89. The van der Waals surface area contributed by atoms with Gasteiger partial charge in [0.05, 0.1) is 26.4 Å². The Bertz CT molecular complexity index is 357. The Morgan fingerprint density at radius 3 is 1.89 bits per heavy atom. The van der Waals surface area contributed by atoms with Crippen LogP contribution in [0.4, 0.5) is 0 Å². The molecule has 1 aliphatic rings. The first-order valence-electron chi connectivity index (χ1n) is 5.50. The van der Waals surface area contributed by atoms with Gasteiger partial charge in [0.1, 0.15) is 11.8 Å². The average molecular weight is 310 g/mol. The van der Waals surface area contributed by atoms with Crippen molar-refractivity contribution < 1.29 is 19.4 Å². The summed E-state index contributed by atoms with van der Waals surface area (Å²) >= 11 is 5.18. The van der Waals surface area contributed by atoms with Gasteiger partial charge in [-0.25, -0.2) is 0 Å². The highest BCUT2D eigenvalue weighted by molar-refractivity contribution is 6.64. The summed E-state index contributed by atoms with van der Waals surface area (Å²) in [6.45, 7) is 3.11. The Balaban J connectivity index is 0.000000392. The summed E-state index contributed by atoms with van der Waals surface area (Å²) in [5.74, 6) is 0.132. The third-order valence-electron chi connectivity index (χ3n) is 2.24. The van der Waals surface area contributed by atoms with Crippen LogP contribution in [0.5, 0.6) is 5.75 Å². The number of hydrogen-bond acceptors (Lipinski definition) is 5. The van der Waals surface area contributed by atoms with E-state index in [0.717, 1.165) is 26.4 Å². The number of rotatable bonds is 2. The fraction of sp³-hybridized carbons (Fsp3) is 0.417. The molecule has 0 saturated carbocycles. The lowest BCUT2D eigenvalue weighted by Gasteiger charge is -2.09. The van der Waals surface area contributed by atoms with Crippen molar-refractivity contribution in [2.24, 2.45) is 5.73 Å². The first-order chi connectivity index (χ1) is 8.61. The lowest BCUT2D eigenvalue weighted by atomic mass is 10.1. The number of carbonyl (C=O) groups excluding carboxylic acids is 1. The van der Waals surface area contributed by atoms with Gasteiger partial charge in [0.25, 0.3) is 0 Å². The quantitative estimate of drug-likeness (QED) is 0.811. The third kappa shape index (κ3) is 7.34. The summed E-state index contributed by atoms with van der Waals surface area (Å²) in [4.78, 5) is 10.6. The van der Waals surface area contributed by atoms with E-state index in [1.807, 2.05) is 0 Å².